The Morgan fingerprint density at radius 1 is 0.742 bits per heavy atom. The van der Waals surface area contributed by atoms with Gasteiger partial charge in [0.25, 0.3) is 11.8 Å². The van der Waals surface area contributed by atoms with Crippen molar-refractivity contribution in [2.45, 2.75) is 12.4 Å². The van der Waals surface area contributed by atoms with Gasteiger partial charge in [-0.25, -0.2) is 0 Å². The largest absolute Gasteiger partial charge is 0.416 e. The number of nitrogens with zero attached hydrogens (tertiary/aromatic N) is 1. The summed E-state index contributed by atoms with van der Waals surface area (Å²) in [6.45, 7) is -0.515. The van der Waals surface area contributed by atoms with Crippen molar-refractivity contribution < 1.29 is 40.4 Å². The number of hydrogen-bond acceptors (Lipinski definition) is 2. The summed E-state index contributed by atoms with van der Waals surface area (Å²) < 4.78 is 76.4. The normalized spacial score (nSPS) is 12.4. The zero-order valence-electron chi connectivity index (χ0n) is 16.6. The Bertz CT molecular complexity index is 879. The van der Waals surface area contributed by atoms with Crippen LogP contribution in [-0.2, 0) is 21.9 Å². The van der Waals surface area contributed by atoms with Gasteiger partial charge >= 0.3 is 12.4 Å². The number of hydrogen-bond donors (Lipinski definition) is 2. The molecular formula is C20H20F6N3O2+. The molecule has 2 aromatic carbocycles. The number of carbonyl (C=O) groups is 2. The maximum Gasteiger partial charge on any atom is 0.416 e. The molecule has 2 rings (SSSR count). The van der Waals surface area contributed by atoms with Crippen LogP contribution in [0.2, 0.25) is 0 Å². The number of alkyl halides is 6. The van der Waals surface area contributed by atoms with Crippen molar-refractivity contribution in [3.05, 3.63) is 59.7 Å². The molecule has 0 heterocycles. The highest BCUT2D eigenvalue weighted by Gasteiger charge is 2.32. The average Bonchev–Trinajstić information content (AvgIpc) is 2.59. The maximum absolute atomic E-state index is 12.8. The minimum Gasteiger partial charge on any atom is -0.321 e. The molecule has 2 N–H and O–H groups in total. The van der Waals surface area contributed by atoms with Crippen molar-refractivity contribution in [2.24, 2.45) is 0 Å². The van der Waals surface area contributed by atoms with E-state index in [1.165, 1.54) is 26.2 Å². The molecule has 0 atom stereocenters. The number of anilines is 2. The molecule has 0 fully saturated rings. The topological polar surface area (TPSA) is 58.2 Å². The second kappa shape index (κ2) is 8.96. The number of halogens is 6. The van der Waals surface area contributed by atoms with Gasteiger partial charge in [-0.3, -0.25) is 9.59 Å². The van der Waals surface area contributed by atoms with E-state index in [-0.39, 0.29) is 28.9 Å². The number of nitrogens with one attached hydrogen (secondary N) is 2. The lowest BCUT2D eigenvalue weighted by Crippen LogP contribution is -2.49. The van der Waals surface area contributed by atoms with Crippen LogP contribution in [0.15, 0.2) is 48.5 Å². The predicted molar refractivity (Wildman–Crippen MR) is 102 cm³/mol. The Kier molecular flexibility index (Phi) is 6.99. The van der Waals surface area contributed by atoms with E-state index in [1.807, 2.05) is 0 Å². The van der Waals surface area contributed by atoms with Gasteiger partial charge in [-0.1, -0.05) is 12.1 Å². The number of likely N-dealkylation sites (N-methyl/N-ethyl adjacent to an activating group) is 1. The molecule has 0 saturated carbocycles. The SMILES string of the molecule is C[N+](C)(CC(=O)Nc1cccc(C(F)(F)F)c1)CC(=O)Nc1cccc(C(F)(F)F)c1. The van der Waals surface area contributed by atoms with E-state index >= 15 is 0 Å². The Labute approximate surface area is 174 Å². The molecule has 0 aliphatic heterocycles. The lowest BCUT2D eigenvalue weighted by molar-refractivity contribution is -0.874. The van der Waals surface area contributed by atoms with Crippen molar-refractivity contribution in [3.63, 3.8) is 0 Å². The summed E-state index contributed by atoms with van der Waals surface area (Å²) in [6, 6.07) is 8.22. The van der Waals surface area contributed by atoms with Crippen LogP contribution in [0.1, 0.15) is 11.1 Å². The molecule has 0 aromatic heterocycles. The summed E-state index contributed by atoms with van der Waals surface area (Å²) in [7, 11) is 3.05. The van der Waals surface area contributed by atoms with E-state index in [4.69, 9.17) is 0 Å². The first kappa shape index (κ1) is 24.2. The van der Waals surface area contributed by atoms with Crippen molar-refractivity contribution in [1.29, 1.82) is 0 Å². The molecule has 2 aromatic rings. The van der Waals surface area contributed by atoms with Crippen LogP contribution in [0.4, 0.5) is 37.7 Å². The van der Waals surface area contributed by atoms with Crippen LogP contribution >= 0.6 is 0 Å². The number of benzene rings is 2. The second-order valence-corrected chi connectivity index (χ2v) is 7.51. The highest BCUT2D eigenvalue weighted by Crippen LogP contribution is 2.31. The van der Waals surface area contributed by atoms with E-state index in [9.17, 15) is 35.9 Å². The molecule has 168 valence electrons. The first-order valence-electron chi connectivity index (χ1n) is 8.92. The third-order valence-electron chi connectivity index (χ3n) is 4.09. The van der Waals surface area contributed by atoms with Crippen LogP contribution in [0.3, 0.4) is 0 Å². The molecule has 2 amide bonds. The summed E-state index contributed by atoms with van der Waals surface area (Å²) in [5.74, 6) is -1.26. The van der Waals surface area contributed by atoms with E-state index in [2.05, 4.69) is 10.6 Å². The smallest absolute Gasteiger partial charge is 0.321 e. The molecule has 0 aliphatic carbocycles. The van der Waals surface area contributed by atoms with Gasteiger partial charge in [-0.05, 0) is 36.4 Å². The molecule has 31 heavy (non-hydrogen) atoms. The fraction of sp³-hybridized carbons (Fsp3) is 0.300. The quantitative estimate of drug-likeness (QED) is 0.509. The molecule has 11 heteroatoms. The van der Waals surface area contributed by atoms with Crippen molar-refractivity contribution in [1.82, 2.24) is 0 Å². The second-order valence-electron chi connectivity index (χ2n) is 7.51. The summed E-state index contributed by atoms with van der Waals surface area (Å²) in [4.78, 5) is 24.4. The zero-order valence-corrected chi connectivity index (χ0v) is 16.6. The van der Waals surface area contributed by atoms with Crippen LogP contribution in [-0.4, -0.2) is 43.5 Å². The lowest BCUT2D eigenvalue weighted by atomic mass is 10.2. The van der Waals surface area contributed by atoms with Crippen molar-refractivity contribution in [3.8, 4) is 0 Å². The first-order chi connectivity index (χ1) is 14.2. The lowest BCUT2D eigenvalue weighted by Gasteiger charge is -2.28. The fourth-order valence-corrected chi connectivity index (χ4v) is 2.78. The fourth-order valence-electron chi connectivity index (χ4n) is 2.78. The van der Waals surface area contributed by atoms with Crippen LogP contribution in [0.5, 0.6) is 0 Å². The van der Waals surface area contributed by atoms with E-state index in [0.29, 0.717) is 0 Å². The monoisotopic (exact) mass is 448 g/mol. The molecule has 0 aliphatic rings. The average molecular weight is 448 g/mol. The third kappa shape index (κ3) is 7.59. The number of amides is 2. The maximum atomic E-state index is 12.8. The van der Waals surface area contributed by atoms with E-state index in [0.717, 1.165) is 36.4 Å². The molecule has 0 bridgehead atoms. The number of quaternary nitrogens is 1. The minimum absolute atomic E-state index is 0.0479. The highest BCUT2D eigenvalue weighted by molar-refractivity contribution is 5.93. The minimum atomic E-state index is -4.56. The first-order valence-corrected chi connectivity index (χ1v) is 8.92. The van der Waals surface area contributed by atoms with Crippen molar-refractivity contribution in [2.75, 3.05) is 37.8 Å². The summed E-state index contributed by atoms with van der Waals surface area (Å²) >= 11 is 0. The van der Waals surface area contributed by atoms with Gasteiger partial charge in [0.05, 0.1) is 25.2 Å². The predicted octanol–water partition coefficient (Wildman–Crippen LogP) is 4.38. The molecular weight excluding hydrogens is 428 g/mol. The summed E-state index contributed by atoms with van der Waals surface area (Å²) in [5.41, 5.74) is -1.93. The Balaban J connectivity index is 1.97. The van der Waals surface area contributed by atoms with E-state index in [1.54, 1.807) is 0 Å². The zero-order chi connectivity index (χ0) is 23.4. The van der Waals surface area contributed by atoms with Gasteiger partial charge in [0.2, 0.25) is 0 Å². The third-order valence-corrected chi connectivity index (χ3v) is 4.09. The standard InChI is InChI=1S/C20H19F6N3O2/c1-29(2,11-17(30)27-15-7-3-5-13(9-15)19(21,22)23)12-18(31)28-16-8-4-6-14(10-16)20(24,25)26/h3-10H,11-12H2,1-2H3,(H-,27,28,30,31)/p+1. The van der Waals surface area contributed by atoms with E-state index < -0.39 is 35.3 Å². The van der Waals surface area contributed by atoms with Gasteiger partial charge in [0.15, 0.2) is 13.1 Å². The Morgan fingerprint density at radius 2 is 1.10 bits per heavy atom. The molecule has 5 nitrogen and oxygen atoms in total. The molecule has 0 unspecified atom stereocenters. The Hall–Kier alpha value is -3.08. The number of carbonyl (C=O) groups excluding carboxylic acids is 2. The molecule has 0 radical (unpaired) electrons. The van der Waals surface area contributed by atoms with Crippen LogP contribution < -0.4 is 10.6 Å². The van der Waals surface area contributed by atoms with Gasteiger partial charge in [0.1, 0.15) is 0 Å². The van der Waals surface area contributed by atoms with Gasteiger partial charge in [-0.15, -0.1) is 0 Å². The van der Waals surface area contributed by atoms with Crippen molar-refractivity contribution >= 4 is 23.2 Å². The summed E-state index contributed by atoms with van der Waals surface area (Å²) in [5, 5.41) is 4.69. The molecule has 0 saturated heterocycles. The summed E-state index contributed by atoms with van der Waals surface area (Å²) in [6.07, 6.45) is -9.12. The Morgan fingerprint density at radius 3 is 1.42 bits per heavy atom. The number of rotatable bonds is 6. The molecule has 0 spiro atoms. The van der Waals surface area contributed by atoms with Gasteiger partial charge < -0.3 is 15.1 Å². The van der Waals surface area contributed by atoms with Gasteiger partial charge in [-0.2, -0.15) is 26.3 Å². The highest BCUT2D eigenvalue weighted by atomic mass is 19.4. The van der Waals surface area contributed by atoms with Crippen LogP contribution in [0.25, 0.3) is 0 Å². The van der Waals surface area contributed by atoms with Crippen LogP contribution in [0, 0.1) is 0 Å². The van der Waals surface area contributed by atoms with Gasteiger partial charge in [0, 0.05) is 11.4 Å².